The lowest BCUT2D eigenvalue weighted by Gasteiger charge is -2.29. The second-order valence-corrected chi connectivity index (χ2v) is 11.0. The van der Waals surface area contributed by atoms with Crippen molar-refractivity contribution in [2.45, 2.75) is 22.0 Å². The molecule has 2 heterocycles. The molecule has 4 rings (SSSR count). The van der Waals surface area contributed by atoms with Crippen LogP contribution in [0.1, 0.15) is 13.3 Å². The summed E-state index contributed by atoms with van der Waals surface area (Å²) in [5.74, 6) is 1.72. The largest absolute Gasteiger partial charge is 0.396 e. The third-order valence-corrected chi connectivity index (χ3v) is 9.70. The van der Waals surface area contributed by atoms with Crippen LogP contribution in [-0.2, 0) is 0 Å². The Morgan fingerprint density at radius 2 is 1.33 bits per heavy atom. The average molecular weight is 433 g/mol. The van der Waals surface area contributed by atoms with Crippen molar-refractivity contribution in [3.05, 3.63) is 48.5 Å². The molecule has 3 nitrogen and oxygen atoms in total. The smallest absolute Gasteiger partial charge is 0.151 e. The summed E-state index contributed by atoms with van der Waals surface area (Å²) in [5.41, 5.74) is 1.98. The summed E-state index contributed by atoms with van der Waals surface area (Å²) in [6.07, 6.45) is 0.930. The van der Waals surface area contributed by atoms with Gasteiger partial charge in [0.05, 0.1) is 27.0 Å². The van der Waals surface area contributed by atoms with Gasteiger partial charge in [-0.2, -0.15) is 0 Å². The minimum Gasteiger partial charge on any atom is -0.396 e. The van der Waals surface area contributed by atoms with Crippen LogP contribution in [0.25, 0.3) is 20.4 Å². The van der Waals surface area contributed by atoms with Crippen molar-refractivity contribution >= 4 is 66.6 Å². The standard InChI is InChI=1S/C20H20N2OS4/c1-2-20(11-23,12-24-18-21-14-7-3-5-9-16(14)26-18)13-25-19-22-15-8-4-6-10-17(15)27-19/h3-10,23H,2,11-13H2,1H3. The van der Waals surface area contributed by atoms with Crippen molar-refractivity contribution in [3.8, 4) is 0 Å². The summed E-state index contributed by atoms with van der Waals surface area (Å²) in [5, 5.41) is 10.2. The maximum atomic E-state index is 10.2. The average Bonchev–Trinajstić information content (AvgIpc) is 3.32. The molecule has 2 aromatic heterocycles. The highest BCUT2D eigenvalue weighted by molar-refractivity contribution is 8.02. The number of aromatic nitrogens is 2. The normalized spacial score (nSPS) is 12.2. The first-order valence-corrected chi connectivity index (χ1v) is 12.4. The molecule has 2 aromatic carbocycles. The van der Waals surface area contributed by atoms with E-state index in [0.29, 0.717) is 0 Å². The summed E-state index contributed by atoms with van der Waals surface area (Å²) in [7, 11) is 0. The van der Waals surface area contributed by atoms with E-state index in [2.05, 4.69) is 31.2 Å². The number of nitrogens with zero attached hydrogens (tertiary/aromatic N) is 2. The lowest BCUT2D eigenvalue weighted by atomic mass is 9.91. The Morgan fingerprint density at radius 3 is 1.74 bits per heavy atom. The predicted octanol–water partition coefficient (Wildman–Crippen LogP) is 6.18. The molecule has 7 heteroatoms. The van der Waals surface area contributed by atoms with Crippen LogP contribution in [0.2, 0.25) is 0 Å². The first-order chi connectivity index (χ1) is 13.2. The molecule has 0 saturated heterocycles. The van der Waals surface area contributed by atoms with Crippen molar-refractivity contribution < 1.29 is 5.11 Å². The second-order valence-electron chi connectivity index (χ2n) is 6.48. The Balaban J connectivity index is 1.44. The van der Waals surface area contributed by atoms with E-state index in [1.165, 1.54) is 9.40 Å². The zero-order valence-electron chi connectivity index (χ0n) is 14.9. The molecule has 0 aliphatic rings. The Hall–Kier alpha value is -1.12. The SMILES string of the molecule is CCC(CO)(CSc1nc2ccccc2s1)CSc1nc2ccccc2s1. The summed E-state index contributed by atoms with van der Waals surface area (Å²) < 4.78 is 4.59. The van der Waals surface area contributed by atoms with E-state index < -0.39 is 0 Å². The third kappa shape index (κ3) is 4.32. The Labute approximate surface area is 175 Å². The quantitative estimate of drug-likeness (QED) is 0.337. The topological polar surface area (TPSA) is 46.0 Å². The van der Waals surface area contributed by atoms with E-state index >= 15 is 0 Å². The number of fused-ring (bicyclic) bond motifs is 2. The first kappa shape index (κ1) is 19.2. The van der Waals surface area contributed by atoms with Crippen LogP contribution in [0, 0.1) is 5.41 Å². The maximum absolute atomic E-state index is 10.2. The van der Waals surface area contributed by atoms with Crippen LogP contribution < -0.4 is 0 Å². The zero-order valence-corrected chi connectivity index (χ0v) is 18.2. The van der Waals surface area contributed by atoms with Gasteiger partial charge < -0.3 is 5.11 Å². The first-order valence-electron chi connectivity index (χ1n) is 8.79. The molecular formula is C20H20N2OS4. The molecular weight excluding hydrogens is 413 g/mol. The Morgan fingerprint density at radius 1 is 0.852 bits per heavy atom. The van der Waals surface area contributed by atoms with Crippen LogP contribution in [0.3, 0.4) is 0 Å². The van der Waals surface area contributed by atoms with Crippen LogP contribution in [0.4, 0.5) is 0 Å². The number of hydrogen-bond donors (Lipinski definition) is 1. The van der Waals surface area contributed by atoms with Gasteiger partial charge >= 0.3 is 0 Å². The van der Waals surface area contributed by atoms with E-state index in [-0.39, 0.29) is 12.0 Å². The van der Waals surface area contributed by atoms with Crippen LogP contribution in [0.5, 0.6) is 0 Å². The number of aliphatic hydroxyl groups excluding tert-OH is 1. The highest BCUT2D eigenvalue weighted by atomic mass is 32.2. The summed E-state index contributed by atoms with van der Waals surface area (Å²) >= 11 is 6.98. The molecule has 0 bridgehead atoms. The molecule has 140 valence electrons. The van der Waals surface area contributed by atoms with Gasteiger partial charge in [0.25, 0.3) is 0 Å². The molecule has 0 spiro atoms. The Kier molecular flexibility index (Phi) is 6.04. The molecule has 0 amide bonds. The number of thioether (sulfide) groups is 2. The van der Waals surface area contributed by atoms with Gasteiger partial charge in [-0.1, -0.05) is 54.7 Å². The van der Waals surface area contributed by atoms with Crippen molar-refractivity contribution in [1.29, 1.82) is 0 Å². The molecule has 0 unspecified atom stereocenters. The molecule has 0 aliphatic carbocycles. The monoisotopic (exact) mass is 432 g/mol. The number of aliphatic hydroxyl groups is 1. The zero-order chi connectivity index (χ0) is 18.7. The number of hydrogen-bond acceptors (Lipinski definition) is 7. The van der Waals surface area contributed by atoms with Crippen molar-refractivity contribution in [3.63, 3.8) is 0 Å². The van der Waals surface area contributed by atoms with Crippen LogP contribution in [-0.4, -0.2) is 33.2 Å². The number of thiazole rings is 2. The lowest BCUT2D eigenvalue weighted by molar-refractivity contribution is 0.164. The van der Waals surface area contributed by atoms with E-state index in [9.17, 15) is 5.11 Å². The van der Waals surface area contributed by atoms with Crippen molar-refractivity contribution in [2.24, 2.45) is 5.41 Å². The van der Waals surface area contributed by atoms with Gasteiger partial charge in [0.1, 0.15) is 0 Å². The van der Waals surface area contributed by atoms with Gasteiger partial charge in [-0.05, 0) is 30.7 Å². The van der Waals surface area contributed by atoms with E-state index in [0.717, 1.165) is 37.6 Å². The highest BCUT2D eigenvalue weighted by Crippen LogP contribution is 2.39. The number of para-hydroxylation sites is 2. The molecule has 1 N–H and O–H groups in total. The minimum absolute atomic E-state index is 0.134. The number of rotatable bonds is 8. The molecule has 0 saturated carbocycles. The minimum atomic E-state index is -0.134. The van der Waals surface area contributed by atoms with Crippen molar-refractivity contribution in [2.75, 3.05) is 18.1 Å². The van der Waals surface area contributed by atoms with Gasteiger partial charge in [0, 0.05) is 16.9 Å². The maximum Gasteiger partial charge on any atom is 0.151 e. The van der Waals surface area contributed by atoms with E-state index in [1.54, 1.807) is 46.2 Å². The second kappa shape index (κ2) is 8.49. The van der Waals surface area contributed by atoms with E-state index in [4.69, 9.17) is 9.97 Å². The van der Waals surface area contributed by atoms with Crippen LogP contribution >= 0.6 is 46.2 Å². The van der Waals surface area contributed by atoms with Crippen LogP contribution in [0.15, 0.2) is 57.2 Å². The predicted molar refractivity (Wildman–Crippen MR) is 120 cm³/mol. The van der Waals surface area contributed by atoms with Gasteiger partial charge in [0.15, 0.2) is 8.68 Å². The molecule has 0 fully saturated rings. The molecule has 27 heavy (non-hydrogen) atoms. The van der Waals surface area contributed by atoms with Gasteiger partial charge in [-0.3, -0.25) is 0 Å². The molecule has 0 aliphatic heterocycles. The van der Waals surface area contributed by atoms with E-state index in [1.807, 2.05) is 24.3 Å². The van der Waals surface area contributed by atoms with Gasteiger partial charge in [-0.15, -0.1) is 22.7 Å². The summed E-state index contributed by atoms with van der Waals surface area (Å²) in [4.78, 5) is 9.43. The highest BCUT2D eigenvalue weighted by Gasteiger charge is 2.29. The van der Waals surface area contributed by atoms with Crippen molar-refractivity contribution in [1.82, 2.24) is 9.97 Å². The molecule has 4 aromatic rings. The molecule has 0 atom stereocenters. The lowest BCUT2D eigenvalue weighted by Crippen LogP contribution is -2.30. The fourth-order valence-corrected chi connectivity index (χ4v) is 7.57. The third-order valence-electron chi connectivity index (χ3n) is 4.64. The number of benzene rings is 2. The fraction of sp³-hybridized carbons (Fsp3) is 0.300. The van der Waals surface area contributed by atoms with Gasteiger partial charge in [0.2, 0.25) is 0 Å². The molecule has 0 radical (unpaired) electrons. The van der Waals surface area contributed by atoms with Gasteiger partial charge in [-0.25, -0.2) is 9.97 Å². The Bertz CT molecular complexity index is 893. The summed E-state index contributed by atoms with van der Waals surface area (Å²) in [6, 6.07) is 16.5. The summed E-state index contributed by atoms with van der Waals surface area (Å²) in [6.45, 7) is 2.34. The fourth-order valence-electron chi connectivity index (χ4n) is 2.70.